The van der Waals surface area contributed by atoms with Crippen molar-refractivity contribution in [3.05, 3.63) is 47.6 Å². The van der Waals surface area contributed by atoms with Crippen LogP contribution in [0.25, 0.3) is 0 Å². The van der Waals surface area contributed by atoms with Crippen molar-refractivity contribution in [3.8, 4) is 0 Å². The van der Waals surface area contributed by atoms with Gasteiger partial charge in [-0.05, 0) is 63.9 Å². The van der Waals surface area contributed by atoms with E-state index in [0.29, 0.717) is 12.6 Å². The molecule has 30 heavy (non-hydrogen) atoms. The van der Waals surface area contributed by atoms with Crippen LogP contribution in [0, 0.1) is 12.8 Å². The molecule has 162 valence electrons. The predicted molar refractivity (Wildman–Crippen MR) is 115 cm³/mol. The molecule has 2 aromatic heterocycles. The van der Waals surface area contributed by atoms with Crippen molar-refractivity contribution in [2.75, 3.05) is 33.2 Å². The molecule has 0 radical (unpaired) electrons. The first kappa shape index (κ1) is 21.0. The second-order valence-electron chi connectivity index (χ2n) is 8.83. The van der Waals surface area contributed by atoms with E-state index >= 15 is 0 Å². The van der Waals surface area contributed by atoms with Gasteiger partial charge in [0.1, 0.15) is 11.5 Å². The molecule has 2 aliphatic rings. The third kappa shape index (κ3) is 5.26. The molecule has 1 unspecified atom stereocenters. The van der Waals surface area contributed by atoms with Crippen LogP contribution in [0.4, 0.5) is 0 Å². The number of piperidine rings is 2. The summed E-state index contributed by atoms with van der Waals surface area (Å²) in [6.07, 6.45) is 8.23. The Kier molecular flexibility index (Phi) is 6.79. The van der Waals surface area contributed by atoms with E-state index in [1.807, 2.05) is 43.4 Å². The molecule has 2 aliphatic heterocycles. The second kappa shape index (κ2) is 9.71. The minimum atomic E-state index is 0.0881. The van der Waals surface area contributed by atoms with Gasteiger partial charge in [0.15, 0.2) is 0 Å². The first-order chi connectivity index (χ1) is 14.6. The number of amides is 1. The maximum Gasteiger partial charge on any atom is 0.227 e. The van der Waals surface area contributed by atoms with Crippen molar-refractivity contribution in [2.45, 2.75) is 51.7 Å². The standard InChI is InChI=1S/C23H33N5O2/c1-18-13-21(25-30-18)17-26(2)23(29)20-6-4-10-28(16-20)22-7-11-27(12-8-22)15-19-5-3-9-24-14-19/h3,5,9,13-14,20,22H,4,6-8,10-12,15-17H2,1-2H3. The zero-order valence-electron chi connectivity index (χ0n) is 18.2. The molecule has 2 saturated heterocycles. The van der Waals surface area contributed by atoms with Gasteiger partial charge in [0, 0.05) is 44.6 Å². The van der Waals surface area contributed by atoms with Crippen LogP contribution < -0.4 is 0 Å². The van der Waals surface area contributed by atoms with Crippen molar-refractivity contribution in [3.63, 3.8) is 0 Å². The van der Waals surface area contributed by atoms with Crippen LogP contribution in [0.5, 0.6) is 0 Å². The molecule has 4 rings (SSSR count). The third-order valence-corrected chi connectivity index (χ3v) is 6.46. The maximum atomic E-state index is 13.0. The zero-order chi connectivity index (χ0) is 20.9. The number of aryl methyl sites for hydroxylation is 1. The normalized spacial score (nSPS) is 21.6. The number of aromatic nitrogens is 2. The maximum absolute atomic E-state index is 13.0. The van der Waals surface area contributed by atoms with Crippen molar-refractivity contribution in [2.24, 2.45) is 5.92 Å². The number of hydrogen-bond donors (Lipinski definition) is 0. The summed E-state index contributed by atoms with van der Waals surface area (Å²) in [4.78, 5) is 24.1. The van der Waals surface area contributed by atoms with E-state index in [9.17, 15) is 4.79 Å². The lowest BCUT2D eigenvalue weighted by Crippen LogP contribution is -2.50. The van der Waals surface area contributed by atoms with Gasteiger partial charge in [0.25, 0.3) is 0 Å². The number of rotatable bonds is 6. The lowest BCUT2D eigenvalue weighted by molar-refractivity contribution is -0.137. The number of likely N-dealkylation sites (tertiary alicyclic amines) is 2. The van der Waals surface area contributed by atoms with Gasteiger partial charge in [-0.25, -0.2) is 0 Å². The molecule has 1 atom stereocenters. The minimum absolute atomic E-state index is 0.0881. The summed E-state index contributed by atoms with van der Waals surface area (Å²) in [6.45, 7) is 7.59. The molecule has 0 bridgehead atoms. The SMILES string of the molecule is Cc1cc(CN(C)C(=O)C2CCCN(C3CCN(Cc4cccnc4)CC3)C2)no1. The smallest absolute Gasteiger partial charge is 0.227 e. The molecule has 7 nitrogen and oxygen atoms in total. The number of carbonyl (C=O) groups is 1. The highest BCUT2D eigenvalue weighted by molar-refractivity contribution is 5.78. The molecule has 0 N–H and O–H groups in total. The van der Waals surface area contributed by atoms with E-state index in [1.54, 1.807) is 0 Å². The van der Waals surface area contributed by atoms with Gasteiger partial charge in [0.2, 0.25) is 5.91 Å². The van der Waals surface area contributed by atoms with Crippen molar-refractivity contribution >= 4 is 5.91 Å². The lowest BCUT2D eigenvalue weighted by Gasteiger charge is -2.42. The minimum Gasteiger partial charge on any atom is -0.361 e. The summed E-state index contributed by atoms with van der Waals surface area (Å²) in [7, 11) is 1.88. The van der Waals surface area contributed by atoms with Gasteiger partial charge in [0.05, 0.1) is 12.5 Å². The van der Waals surface area contributed by atoms with Crippen LogP contribution in [0.15, 0.2) is 35.1 Å². The summed E-state index contributed by atoms with van der Waals surface area (Å²) in [5.74, 6) is 1.10. The number of pyridine rings is 1. The van der Waals surface area contributed by atoms with Crippen molar-refractivity contribution < 1.29 is 9.32 Å². The Morgan fingerprint density at radius 3 is 2.80 bits per heavy atom. The van der Waals surface area contributed by atoms with Crippen molar-refractivity contribution in [1.29, 1.82) is 0 Å². The fraction of sp³-hybridized carbons (Fsp3) is 0.609. The molecule has 7 heteroatoms. The van der Waals surface area contributed by atoms with E-state index in [2.05, 4.69) is 26.0 Å². The van der Waals surface area contributed by atoms with E-state index < -0.39 is 0 Å². The molecule has 2 aromatic rings. The molecule has 4 heterocycles. The van der Waals surface area contributed by atoms with Crippen LogP contribution >= 0.6 is 0 Å². The quantitative estimate of drug-likeness (QED) is 0.728. The van der Waals surface area contributed by atoms with E-state index in [4.69, 9.17) is 4.52 Å². The molecule has 2 fully saturated rings. The Morgan fingerprint density at radius 1 is 1.27 bits per heavy atom. The summed E-state index contributed by atoms with van der Waals surface area (Å²) in [5.41, 5.74) is 2.10. The van der Waals surface area contributed by atoms with Crippen molar-refractivity contribution in [1.82, 2.24) is 24.8 Å². The summed E-state index contributed by atoms with van der Waals surface area (Å²) in [5, 5.41) is 4.02. The van der Waals surface area contributed by atoms with Crippen LogP contribution in [0.2, 0.25) is 0 Å². The van der Waals surface area contributed by atoms with E-state index in [1.165, 1.54) is 18.4 Å². The monoisotopic (exact) mass is 411 g/mol. The van der Waals surface area contributed by atoms with Crippen LogP contribution in [-0.2, 0) is 17.9 Å². The number of nitrogens with zero attached hydrogens (tertiary/aromatic N) is 5. The Morgan fingerprint density at radius 2 is 2.10 bits per heavy atom. The fourth-order valence-electron chi connectivity index (χ4n) is 4.86. The first-order valence-electron chi connectivity index (χ1n) is 11.1. The highest BCUT2D eigenvalue weighted by atomic mass is 16.5. The van der Waals surface area contributed by atoms with Gasteiger partial charge in [-0.15, -0.1) is 0 Å². The van der Waals surface area contributed by atoms with Crippen LogP contribution in [0.1, 0.15) is 42.7 Å². The molecule has 0 saturated carbocycles. The van der Waals surface area contributed by atoms with Gasteiger partial charge in [-0.2, -0.15) is 0 Å². The Balaban J connectivity index is 1.26. The summed E-state index contributed by atoms with van der Waals surface area (Å²) >= 11 is 0. The summed E-state index contributed by atoms with van der Waals surface area (Å²) in [6, 6.07) is 6.65. The number of carbonyl (C=O) groups excluding carboxylic acids is 1. The molecular weight excluding hydrogens is 378 g/mol. The Hall–Kier alpha value is -2.25. The summed E-state index contributed by atoms with van der Waals surface area (Å²) < 4.78 is 5.13. The highest BCUT2D eigenvalue weighted by Crippen LogP contribution is 2.26. The van der Waals surface area contributed by atoms with Gasteiger partial charge in [-0.3, -0.25) is 19.6 Å². The topological polar surface area (TPSA) is 65.7 Å². The Labute approximate surface area is 179 Å². The average molecular weight is 412 g/mol. The lowest BCUT2D eigenvalue weighted by atomic mass is 9.93. The van der Waals surface area contributed by atoms with E-state index in [-0.39, 0.29) is 11.8 Å². The third-order valence-electron chi connectivity index (χ3n) is 6.46. The second-order valence-corrected chi connectivity index (χ2v) is 8.83. The van der Waals surface area contributed by atoms with Gasteiger partial charge < -0.3 is 9.42 Å². The number of hydrogen-bond acceptors (Lipinski definition) is 6. The molecule has 0 aromatic carbocycles. The predicted octanol–water partition coefficient (Wildman–Crippen LogP) is 2.71. The van der Waals surface area contributed by atoms with Gasteiger partial charge >= 0.3 is 0 Å². The van der Waals surface area contributed by atoms with Crippen LogP contribution in [-0.4, -0.2) is 70.0 Å². The first-order valence-corrected chi connectivity index (χ1v) is 11.1. The fourth-order valence-corrected chi connectivity index (χ4v) is 4.86. The van der Waals surface area contributed by atoms with Crippen LogP contribution in [0.3, 0.4) is 0 Å². The molecule has 1 amide bonds. The molecule has 0 aliphatic carbocycles. The molecular formula is C23H33N5O2. The zero-order valence-corrected chi connectivity index (χ0v) is 18.2. The Bertz CT molecular complexity index is 816. The highest BCUT2D eigenvalue weighted by Gasteiger charge is 2.33. The largest absolute Gasteiger partial charge is 0.361 e. The van der Waals surface area contributed by atoms with Gasteiger partial charge in [-0.1, -0.05) is 11.2 Å². The van der Waals surface area contributed by atoms with E-state index in [0.717, 1.165) is 57.0 Å². The average Bonchev–Trinajstić information content (AvgIpc) is 3.19. The molecule has 0 spiro atoms.